The van der Waals surface area contributed by atoms with Crippen LogP contribution in [0.3, 0.4) is 0 Å². The number of carbonyl (C=O) groups excluding carboxylic acids is 1. The fourth-order valence-corrected chi connectivity index (χ4v) is 4.29. The van der Waals surface area contributed by atoms with E-state index >= 15 is 0 Å². The molecule has 0 unspecified atom stereocenters. The summed E-state index contributed by atoms with van der Waals surface area (Å²) in [5, 5.41) is 3.05. The molecular formula is C21H19ClN2O3S. The van der Waals surface area contributed by atoms with E-state index in [-0.39, 0.29) is 17.2 Å². The third kappa shape index (κ3) is 4.91. The van der Waals surface area contributed by atoms with Gasteiger partial charge in [0, 0.05) is 5.69 Å². The second kappa shape index (κ2) is 8.46. The van der Waals surface area contributed by atoms with Gasteiger partial charge >= 0.3 is 0 Å². The summed E-state index contributed by atoms with van der Waals surface area (Å²) in [6, 6.07) is 20.7. The van der Waals surface area contributed by atoms with Gasteiger partial charge in [-0.25, -0.2) is 8.42 Å². The molecule has 1 amide bonds. The summed E-state index contributed by atoms with van der Waals surface area (Å²) < 4.78 is 28.1. The molecule has 0 aliphatic carbocycles. The summed E-state index contributed by atoms with van der Waals surface area (Å²) in [5.41, 5.74) is 2.13. The molecule has 0 spiro atoms. The Balaban J connectivity index is 1.81. The van der Waals surface area contributed by atoms with Crippen LogP contribution in [-0.4, -0.2) is 14.3 Å². The molecule has 3 rings (SSSR count). The van der Waals surface area contributed by atoms with E-state index in [9.17, 15) is 13.2 Å². The number of carbonyl (C=O) groups is 1. The molecular weight excluding hydrogens is 396 g/mol. The Morgan fingerprint density at radius 3 is 2.36 bits per heavy atom. The average Bonchev–Trinajstić information content (AvgIpc) is 2.66. The molecule has 0 aliphatic heterocycles. The number of aryl methyl sites for hydroxylation is 1. The summed E-state index contributed by atoms with van der Waals surface area (Å²) in [4.78, 5) is 12.3. The third-order valence-corrected chi connectivity index (χ3v) is 5.92. The molecule has 0 radical (unpaired) electrons. The van der Waals surface area contributed by atoms with Crippen molar-refractivity contribution in [3.63, 3.8) is 0 Å². The normalized spacial score (nSPS) is 11.1. The number of sulfonamides is 1. The summed E-state index contributed by atoms with van der Waals surface area (Å²) in [6.45, 7) is 1.69. The lowest BCUT2D eigenvalue weighted by Gasteiger charge is -2.13. The smallest absolute Gasteiger partial charge is 0.262 e. The second-order valence-corrected chi connectivity index (χ2v) is 8.33. The quantitative estimate of drug-likeness (QED) is 0.617. The van der Waals surface area contributed by atoms with E-state index in [0.29, 0.717) is 22.0 Å². The first-order valence-corrected chi connectivity index (χ1v) is 10.4. The molecule has 5 nitrogen and oxygen atoms in total. The predicted octanol–water partition coefficient (Wildman–Crippen LogP) is 4.63. The van der Waals surface area contributed by atoms with Crippen molar-refractivity contribution in [3.8, 4) is 0 Å². The lowest BCUT2D eigenvalue weighted by atomic mass is 10.1. The van der Waals surface area contributed by atoms with Gasteiger partial charge in [-0.3, -0.25) is 9.52 Å². The van der Waals surface area contributed by atoms with E-state index in [1.165, 1.54) is 6.07 Å². The standard InChI is InChI=1S/C21H19ClN2O3S/c1-15-11-12-17(23-21(25)13-16-7-3-2-4-8-16)14-20(15)28(26,27)24-19-10-6-5-9-18(19)22/h2-12,14,24H,13H2,1H3,(H,23,25). The first-order chi connectivity index (χ1) is 13.3. The van der Waals surface area contributed by atoms with Gasteiger partial charge in [-0.2, -0.15) is 0 Å². The number of hydrogen-bond acceptors (Lipinski definition) is 3. The summed E-state index contributed by atoms with van der Waals surface area (Å²) >= 11 is 6.05. The van der Waals surface area contributed by atoms with E-state index in [4.69, 9.17) is 11.6 Å². The predicted molar refractivity (Wildman–Crippen MR) is 112 cm³/mol. The highest BCUT2D eigenvalue weighted by atomic mass is 35.5. The molecule has 144 valence electrons. The molecule has 0 aliphatic rings. The molecule has 0 atom stereocenters. The monoisotopic (exact) mass is 414 g/mol. The minimum atomic E-state index is -3.87. The van der Waals surface area contributed by atoms with Gasteiger partial charge in [-0.1, -0.05) is 60.1 Å². The van der Waals surface area contributed by atoms with Crippen molar-refractivity contribution >= 4 is 38.9 Å². The average molecular weight is 415 g/mol. The van der Waals surface area contributed by atoms with E-state index in [1.54, 1.807) is 43.3 Å². The number of anilines is 2. The molecule has 0 fully saturated rings. The Bertz CT molecular complexity index is 1100. The Morgan fingerprint density at radius 1 is 0.964 bits per heavy atom. The maximum absolute atomic E-state index is 12.8. The van der Waals surface area contributed by atoms with Crippen molar-refractivity contribution in [1.82, 2.24) is 0 Å². The fourth-order valence-electron chi connectivity index (χ4n) is 2.70. The zero-order chi connectivity index (χ0) is 20.1. The highest BCUT2D eigenvalue weighted by Gasteiger charge is 2.19. The molecule has 0 saturated carbocycles. The third-order valence-electron chi connectivity index (χ3n) is 4.09. The van der Waals surface area contributed by atoms with Crippen LogP contribution < -0.4 is 10.0 Å². The van der Waals surface area contributed by atoms with Gasteiger partial charge < -0.3 is 5.32 Å². The van der Waals surface area contributed by atoms with Crippen molar-refractivity contribution in [2.24, 2.45) is 0 Å². The van der Waals surface area contributed by atoms with Crippen molar-refractivity contribution < 1.29 is 13.2 Å². The molecule has 28 heavy (non-hydrogen) atoms. The Hall–Kier alpha value is -2.83. The lowest BCUT2D eigenvalue weighted by molar-refractivity contribution is -0.115. The Kier molecular flexibility index (Phi) is 6.02. The summed E-state index contributed by atoms with van der Waals surface area (Å²) in [6.07, 6.45) is 0.203. The van der Waals surface area contributed by atoms with Gasteiger partial charge in [-0.05, 0) is 42.3 Å². The van der Waals surface area contributed by atoms with Crippen LogP contribution in [0.15, 0.2) is 77.7 Å². The van der Waals surface area contributed by atoms with Gasteiger partial charge in [0.15, 0.2) is 0 Å². The van der Waals surface area contributed by atoms with E-state index in [1.807, 2.05) is 30.3 Å². The van der Waals surface area contributed by atoms with E-state index in [2.05, 4.69) is 10.0 Å². The van der Waals surface area contributed by atoms with Crippen LogP contribution in [0.25, 0.3) is 0 Å². The molecule has 3 aromatic rings. The number of para-hydroxylation sites is 1. The highest BCUT2D eigenvalue weighted by molar-refractivity contribution is 7.92. The maximum Gasteiger partial charge on any atom is 0.262 e. The van der Waals surface area contributed by atoms with Crippen LogP contribution >= 0.6 is 11.6 Å². The molecule has 0 heterocycles. The minimum Gasteiger partial charge on any atom is -0.326 e. The van der Waals surface area contributed by atoms with E-state index in [0.717, 1.165) is 5.56 Å². The molecule has 7 heteroatoms. The number of nitrogens with one attached hydrogen (secondary N) is 2. The van der Waals surface area contributed by atoms with Crippen LogP contribution in [0.5, 0.6) is 0 Å². The number of amides is 1. The maximum atomic E-state index is 12.8. The van der Waals surface area contributed by atoms with E-state index < -0.39 is 10.0 Å². The topological polar surface area (TPSA) is 75.3 Å². The summed E-state index contributed by atoms with van der Waals surface area (Å²) in [7, 11) is -3.87. The number of hydrogen-bond donors (Lipinski definition) is 2. The molecule has 2 N–H and O–H groups in total. The molecule has 0 bridgehead atoms. The molecule has 0 saturated heterocycles. The van der Waals surface area contributed by atoms with Crippen LogP contribution in [0, 0.1) is 6.92 Å². The first kappa shape index (κ1) is 19.9. The fraction of sp³-hybridized carbons (Fsp3) is 0.0952. The van der Waals surface area contributed by atoms with Crippen LogP contribution in [0.4, 0.5) is 11.4 Å². The summed E-state index contributed by atoms with van der Waals surface area (Å²) in [5.74, 6) is -0.225. The van der Waals surface area contributed by atoms with Crippen molar-refractivity contribution in [2.45, 2.75) is 18.2 Å². The minimum absolute atomic E-state index is 0.0740. The number of rotatable bonds is 6. The first-order valence-electron chi connectivity index (χ1n) is 8.57. The van der Waals surface area contributed by atoms with Gasteiger partial charge in [0.25, 0.3) is 10.0 Å². The zero-order valence-electron chi connectivity index (χ0n) is 15.1. The Labute approximate surface area is 169 Å². The van der Waals surface area contributed by atoms with Crippen LogP contribution in [0.2, 0.25) is 5.02 Å². The molecule has 3 aromatic carbocycles. The van der Waals surface area contributed by atoms with Gasteiger partial charge in [0.2, 0.25) is 5.91 Å². The van der Waals surface area contributed by atoms with Gasteiger partial charge in [0.05, 0.1) is 22.0 Å². The van der Waals surface area contributed by atoms with Crippen molar-refractivity contribution in [1.29, 1.82) is 0 Å². The second-order valence-electron chi connectivity index (χ2n) is 6.28. The van der Waals surface area contributed by atoms with Crippen LogP contribution in [-0.2, 0) is 21.2 Å². The highest BCUT2D eigenvalue weighted by Crippen LogP contribution is 2.26. The largest absolute Gasteiger partial charge is 0.326 e. The molecule has 0 aromatic heterocycles. The Morgan fingerprint density at radius 2 is 1.64 bits per heavy atom. The number of benzene rings is 3. The van der Waals surface area contributed by atoms with Crippen LogP contribution in [0.1, 0.15) is 11.1 Å². The van der Waals surface area contributed by atoms with Crippen molar-refractivity contribution in [2.75, 3.05) is 10.0 Å². The van der Waals surface area contributed by atoms with Gasteiger partial charge in [0.1, 0.15) is 0 Å². The number of halogens is 1. The lowest BCUT2D eigenvalue weighted by Crippen LogP contribution is -2.17. The van der Waals surface area contributed by atoms with Gasteiger partial charge in [-0.15, -0.1) is 0 Å². The van der Waals surface area contributed by atoms with Crippen molar-refractivity contribution in [3.05, 3.63) is 88.9 Å². The zero-order valence-corrected chi connectivity index (χ0v) is 16.7. The SMILES string of the molecule is Cc1ccc(NC(=O)Cc2ccccc2)cc1S(=O)(=O)Nc1ccccc1Cl.